The van der Waals surface area contributed by atoms with Gasteiger partial charge in [-0.05, 0) is 30.1 Å². The van der Waals surface area contributed by atoms with Crippen molar-refractivity contribution in [3.8, 4) is 0 Å². The molecule has 0 saturated carbocycles. The number of allylic oxidation sites excluding steroid dienone is 4. The lowest BCUT2D eigenvalue weighted by Crippen LogP contribution is -2.38. The molecule has 0 aromatic rings. The number of rotatable bonds is 0. The normalized spacial score (nSPS) is 26.8. The summed E-state index contributed by atoms with van der Waals surface area (Å²) < 4.78 is 39.6. The Bertz CT molecular complexity index is 514. The van der Waals surface area contributed by atoms with Gasteiger partial charge in [-0.2, -0.15) is 13.2 Å². The van der Waals surface area contributed by atoms with Gasteiger partial charge in [-0.25, -0.2) is 0 Å². The molecule has 0 aromatic carbocycles. The molecule has 0 bridgehead atoms. The van der Waals surface area contributed by atoms with E-state index in [1.807, 2.05) is 0 Å². The van der Waals surface area contributed by atoms with Crippen LogP contribution in [0.2, 0.25) is 0 Å². The Balaban J connectivity index is 2.13. The minimum Gasteiger partial charge on any atom is -0.387 e. The van der Waals surface area contributed by atoms with E-state index < -0.39 is 18.0 Å². The van der Waals surface area contributed by atoms with Gasteiger partial charge in [-0.15, -0.1) is 0 Å². The second-order valence-corrected chi connectivity index (χ2v) is 4.59. The quantitative estimate of drug-likeness (QED) is 0.693. The number of carbonyl (C=O) groups excluding carboxylic acids is 1. The maximum atomic E-state index is 13.2. The zero-order valence-electron chi connectivity index (χ0n) is 9.40. The van der Waals surface area contributed by atoms with Crippen LogP contribution < -0.4 is 10.6 Å². The predicted molar refractivity (Wildman–Crippen MR) is 58.1 cm³/mol. The maximum absolute atomic E-state index is 13.2. The lowest BCUT2D eigenvalue weighted by atomic mass is 9.82. The minimum atomic E-state index is -4.39. The molecule has 1 unspecified atom stereocenters. The van der Waals surface area contributed by atoms with Gasteiger partial charge in [0, 0.05) is 24.0 Å². The summed E-state index contributed by atoms with van der Waals surface area (Å²) in [5.41, 5.74) is 1.18. The molecule has 3 rings (SSSR count). The van der Waals surface area contributed by atoms with Gasteiger partial charge >= 0.3 is 6.18 Å². The van der Waals surface area contributed by atoms with Crippen LogP contribution in [0, 0.1) is 5.92 Å². The van der Waals surface area contributed by atoms with Gasteiger partial charge < -0.3 is 10.6 Å². The molecule has 1 amide bonds. The lowest BCUT2D eigenvalue weighted by Gasteiger charge is -2.33. The first-order valence-corrected chi connectivity index (χ1v) is 5.75. The molecule has 0 saturated heterocycles. The number of hydrogen-bond acceptors (Lipinski definition) is 2. The second kappa shape index (κ2) is 3.63. The highest BCUT2D eigenvalue weighted by Crippen LogP contribution is 2.45. The number of nitrogens with one attached hydrogen (secondary N) is 2. The van der Waals surface area contributed by atoms with E-state index >= 15 is 0 Å². The highest BCUT2D eigenvalue weighted by molar-refractivity contribution is 5.95. The molecule has 0 aromatic heterocycles. The monoisotopic (exact) mass is 256 g/mol. The summed E-state index contributed by atoms with van der Waals surface area (Å²) in [6, 6.07) is 0. The highest BCUT2D eigenvalue weighted by Gasteiger charge is 2.49. The molecule has 1 aliphatic carbocycles. The van der Waals surface area contributed by atoms with E-state index in [9.17, 15) is 18.0 Å². The van der Waals surface area contributed by atoms with Gasteiger partial charge in [-0.1, -0.05) is 0 Å². The van der Waals surface area contributed by atoms with Crippen LogP contribution in [0.5, 0.6) is 0 Å². The van der Waals surface area contributed by atoms with E-state index in [1.54, 1.807) is 6.08 Å². The van der Waals surface area contributed by atoms with Gasteiger partial charge in [0.05, 0.1) is 0 Å². The van der Waals surface area contributed by atoms with Crippen molar-refractivity contribution in [3.63, 3.8) is 0 Å². The van der Waals surface area contributed by atoms with Crippen LogP contribution in [0.1, 0.15) is 12.8 Å². The SMILES string of the molecule is O=C1C=C2C(=CC3=C(NCCC3)C2C(F)(F)F)N1. The topological polar surface area (TPSA) is 41.1 Å². The molecule has 0 fully saturated rings. The van der Waals surface area contributed by atoms with Crippen molar-refractivity contribution in [1.29, 1.82) is 0 Å². The molecule has 6 heteroatoms. The van der Waals surface area contributed by atoms with Crippen LogP contribution in [0.3, 0.4) is 0 Å². The van der Waals surface area contributed by atoms with E-state index in [4.69, 9.17) is 0 Å². The van der Waals surface area contributed by atoms with Gasteiger partial charge in [0.2, 0.25) is 5.91 Å². The van der Waals surface area contributed by atoms with Crippen molar-refractivity contribution in [2.24, 2.45) is 5.92 Å². The van der Waals surface area contributed by atoms with Crippen molar-refractivity contribution >= 4 is 5.91 Å². The average Bonchev–Trinajstić information content (AvgIpc) is 2.63. The fraction of sp³-hybridized carbons (Fsp3) is 0.417. The summed E-state index contributed by atoms with van der Waals surface area (Å²) in [7, 11) is 0. The molecule has 3 aliphatic rings. The molecule has 96 valence electrons. The number of halogens is 3. The molecule has 18 heavy (non-hydrogen) atoms. The molecule has 0 spiro atoms. The number of alkyl halides is 3. The Kier molecular flexibility index (Phi) is 2.30. The van der Waals surface area contributed by atoms with E-state index in [-0.39, 0.29) is 11.3 Å². The summed E-state index contributed by atoms with van der Waals surface area (Å²) >= 11 is 0. The van der Waals surface area contributed by atoms with E-state index in [2.05, 4.69) is 10.6 Å². The van der Waals surface area contributed by atoms with Crippen molar-refractivity contribution in [3.05, 3.63) is 34.7 Å². The molecule has 2 aliphatic heterocycles. The number of fused-ring (bicyclic) bond motifs is 1. The van der Waals surface area contributed by atoms with E-state index in [0.29, 0.717) is 24.2 Å². The molecule has 1 atom stereocenters. The van der Waals surface area contributed by atoms with E-state index in [0.717, 1.165) is 12.5 Å². The van der Waals surface area contributed by atoms with Gasteiger partial charge in [0.1, 0.15) is 5.92 Å². The zero-order chi connectivity index (χ0) is 12.9. The third-order valence-electron chi connectivity index (χ3n) is 3.39. The minimum absolute atomic E-state index is 0.0284. The first kappa shape index (κ1) is 11.4. The van der Waals surface area contributed by atoms with Crippen LogP contribution in [0.25, 0.3) is 0 Å². The summed E-state index contributed by atoms with van der Waals surface area (Å²) in [6.45, 7) is 0.545. The number of amides is 1. The standard InChI is InChI=1S/C12H11F3N2O/c13-12(14,15)10-7-5-9(18)17-8(7)4-6-2-1-3-16-11(6)10/h4-5,10,16H,1-3H2,(H,17,18). The van der Waals surface area contributed by atoms with Gasteiger partial charge in [0.15, 0.2) is 0 Å². The Morgan fingerprint density at radius 1 is 1.28 bits per heavy atom. The molecule has 2 N–H and O–H groups in total. The Morgan fingerprint density at radius 3 is 2.78 bits per heavy atom. The van der Waals surface area contributed by atoms with Crippen molar-refractivity contribution in [2.75, 3.05) is 6.54 Å². The maximum Gasteiger partial charge on any atom is 0.401 e. The molecular weight excluding hydrogens is 245 g/mol. The number of hydrogen-bond donors (Lipinski definition) is 2. The van der Waals surface area contributed by atoms with Crippen LogP contribution in [-0.4, -0.2) is 18.6 Å². The molecule has 3 nitrogen and oxygen atoms in total. The smallest absolute Gasteiger partial charge is 0.387 e. The van der Waals surface area contributed by atoms with E-state index in [1.165, 1.54) is 0 Å². The first-order valence-electron chi connectivity index (χ1n) is 5.75. The fourth-order valence-corrected chi connectivity index (χ4v) is 2.68. The highest BCUT2D eigenvalue weighted by atomic mass is 19.4. The third kappa shape index (κ3) is 1.63. The van der Waals surface area contributed by atoms with Gasteiger partial charge in [-0.3, -0.25) is 4.79 Å². The Hall–Kier alpha value is -1.72. The second-order valence-electron chi connectivity index (χ2n) is 4.59. The first-order chi connectivity index (χ1) is 8.47. The van der Waals surface area contributed by atoms with Crippen molar-refractivity contribution < 1.29 is 18.0 Å². The van der Waals surface area contributed by atoms with Crippen LogP contribution in [-0.2, 0) is 4.79 Å². The summed E-state index contributed by atoms with van der Waals surface area (Å²) in [5, 5.41) is 5.30. The molecule has 2 heterocycles. The van der Waals surface area contributed by atoms with Crippen LogP contribution >= 0.6 is 0 Å². The molecule has 0 radical (unpaired) electrons. The lowest BCUT2D eigenvalue weighted by molar-refractivity contribution is -0.155. The van der Waals surface area contributed by atoms with Crippen molar-refractivity contribution in [2.45, 2.75) is 19.0 Å². The summed E-state index contributed by atoms with van der Waals surface area (Å²) in [6.07, 6.45) is -0.269. The summed E-state index contributed by atoms with van der Waals surface area (Å²) in [5.74, 6) is -2.18. The predicted octanol–water partition coefficient (Wildman–Crippen LogP) is 1.76. The number of carbonyl (C=O) groups is 1. The third-order valence-corrected chi connectivity index (χ3v) is 3.39. The Morgan fingerprint density at radius 2 is 2.06 bits per heavy atom. The van der Waals surface area contributed by atoms with Crippen LogP contribution in [0.15, 0.2) is 34.7 Å². The fourth-order valence-electron chi connectivity index (χ4n) is 2.68. The van der Waals surface area contributed by atoms with Gasteiger partial charge in [0.25, 0.3) is 0 Å². The van der Waals surface area contributed by atoms with Crippen LogP contribution in [0.4, 0.5) is 13.2 Å². The molecular formula is C12H11F3N2O. The van der Waals surface area contributed by atoms with Crippen molar-refractivity contribution in [1.82, 2.24) is 10.6 Å². The summed E-state index contributed by atoms with van der Waals surface area (Å²) in [4.78, 5) is 11.3. The largest absolute Gasteiger partial charge is 0.401 e. The Labute approximate surface area is 101 Å². The zero-order valence-corrected chi connectivity index (χ0v) is 9.40. The average molecular weight is 256 g/mol.